The summed E-state index contributed by atoms with van der Waals surface area (Å²) in [6, 6.07) is 6.04. The molecule has 1 aliphatic rings. The highest BCUT2D eigenvalue weighted by molar-refractivity contribution is 6.16. The van der Waals surface area contributed by atoms with Crippen molar-refractivity contribution in [3.05, 3.63) is 24.0 Å². The van der Waals surface area contributed by atoms with E-state index in [1.54, 1.807) is 7.11 Å². The van der Waals surface area contributed by atoms with Gasteiger partial charge in [-0.2, -0.15) is 0 Å². The van der Waals surface area contributed by atoms with Crippen LogP contribution in [0.25, 0.3) is 11.0 Å². The fourth-order valence-corrected chi connectivity index (χ4v) is 2.61. The molecular weight excluding hydrogens is 248 g/mol. The van der Waals surface area contributed by atoms with Gasteiger partial charge in [0.15, 0.2) is 0 Å². The van der Waals surface area contributed by atoms with Crippen molar-refractivity contribution in [2.45, 2.75) is 31.7 Å². The first-order chi connectivity index (χ1) is 8.83. The Morgan fingerprint density at radius 1 is 1.44 bits per heavy atom. The summed E-state index contributed by atoms with van der Waals surface area (Å²) in [5.74, 6) is 3.12. The van der Waals surface area contributed by atoms with Crippen LogP contribution in [0.1, 0.15) is 25.1 Å². The number of halogens is 1. The van der Waals surface area contributed by atoms with E-state index in [2.05, 4.69) is 15.6 Å². The van der Waals surface area contributed by atoms with Gasteiger partial charge in [-0.1, -0.05) is 18.9 Å². The van der Waals surface area contributed by atoms with Gasteiger partial charge in [0.25, 0.3) is 0 Å². The van der Waals surface area contributed by atoms with E-state index < -0.39 is 0 Å². The van der Waals surface area contributed by atoms with E-state index in [1.807, 2.05) is 12.1 Å². The zero-order valence-corrected chi connectivity index (χ0v) is 11.3. The molecule has 0 aliphatic heterocycles. The number of aromatic nitrogens is 2. The minimum Gasteiger partial charge on any atom is -0.494 e. The highest BCUT2D eigenvalue weighted by Crippen LogP contribution is 2.34. The molecule has 4 heteroatoms. The summed E-state index contributed by atoms with van der Waals surface area (Å²) in [6.45, 7) is 1.01. The lowest BCUT2D eigenvalue weighted by molar-refractivity contribution is 0.419. The third-order valence-electron chi connectivity index (χ3n) is 3.62. The zero-order chi connectivity index (χ0) is 12.5. The smallest absolute Gasteiger partial charge is 0.146 e. The van der Waals surface area contributed by atoms with Crippen LogP contribution in [0.4, 0.5) is 0 Å². The van der Waals surface area contributed by atoms with Crippen LogP contribution in [0.2, 0.25) is 0 Å². The fraction of sp³-hybridized carbons (Fsp3) is 0.500. The van der Waals surface area contributed by atoms with Gasteiger partial charge in [-0.25, -0.2) is 4.98 Å². The van der Waals surface area contributed by atoms with Crippen molar-refractivity contribution in [1.82, 2.24) is 9.55 Å². The van der Waals surface area contributed by atoms with E-state index in [-0.39, 0.29) is 0 Å². The maximum atomic E-state index is 6.01. The molecule has 0 spiro atoms. The molecule has 0 atom stereocenters. The maximum absolute atomic E-state index is 6.01. The van der Waals surface area contributed by atoms with Crippen molar-refractivity contribution in [2.75, 3.05) is 7.11 Å². The van der Waals surface area contributed by atoms with E-state index in [0.29, 0.717) is 5.88 Å². The molecule has 0 unspecified atom stereocenters. The van der Waals surface area contributed by atoms with E-state index in [1.165, 1.54) is 19.3 Å². The van der Waals surface area contributed by atoms with Crippen LogP contribution in [-0.2, 0) is 12.4 Å². The van der Waals surface area contributed by atoms with Gasteiger partial charge in [0.05, 0.1) is 18.5 Å². The van der Waals surface area contributed by atoms with Crippen molar-refractivity contribution in [1.29, 1.82) is 0 Å². The molecule has 1 aromatic heterocycles. The predicted molar refractivity (Wildman–Crippen MR) is 73.2 cm³/mol. The van der Waals surface area contributed by atoms with Gasteiger partial charge < -0.3 is 9.30 Å². The quantitative estimate of drug-likeness (QED) is 0.772. The van der Waals surface area contributed by atoms with Gasteiger partial charge in [0, 0.05) is 6.54 Å². The summed E-state index contributed by atoms with van der Waals surface area (Å²) >= 11 is 6.01. The average Bonchev–Trinajstić information content (AvgIpc) is 3.16. The van der Waals surface area contributed by atoms with Gasteiger partial charge in [-0.05, 0) is 24.5 Å². The van der Waals surface area contributed by atoms with Crippen molar-refractivity contribution < 1.29 is 4.74 Å². The molecule has 3 nitrogen and oxygen atoms in total. The molecule has 1 aliphatic carbocycles. The molecule has 0 bridgehead atoms. The largest absolute Gasteiger partial charge is 0.494 e. The topological polar surface area (TPSA) is 27.1 Å². The number of ether oxygens (including phenoxy) is 1. The molecule has 2 aromatic rings. The Balaban J connectivity index is 2.02. The van der Waals surface area contributed by atoms with E-state index in [9.17, 15) is 0 Å². The second-order valence-electron chi connectivity index (χ2n) is 4.87. The lowest BCUT2D eigenvalue weighted by Crippen LogP contribution is -2.03. The van der Waals surface area contributed by atoms with Gasteiger partial charge in [0.1, 0.15) is 17.1 Å². The van der Waals surface area contributed by atoms with Crippen LogP contribution >= 0.6 is 11.6 Å². The fourth-order valence-electron chi connectivity index (χ4n) is 2.40. The molecule has 1 heterocycles. The van der Waals surface area contributed by atoms with Crippen LogP contribution < -0.4 is 4.74 Å². The number of imidazole rings is 1. The average molecular weight is 265 g/mol. The number of para-hydroxylation sites is 1. The van der Waals surface area contributed by atoms with Gasteiger partial charge in [-0.15, -0.1) is 11.6 Å². The molecule has 0 amide bonds. The maximum Gasteiger partial charge on any atom is 0.146 e. The second kappa shape index (κ2) is 4.81. The summed E-state index contributed by atoms with van der Waals surface area (Å²) in [5.41, 5.74) is 2.05. The van der Waals surface area contributed by atoms with E-state index in [4.69, 9.17) is 16.3 Å². The molecule has 96 valence electrons. The van der Waals surface area contributed by atoms with Crippen molar-refractivity contribution >= 4 is 22.6 Å². The van der Waals surface area contributed by atoms with Crippen LogP contribution in [0.5, 0.6) is 5.75 Å². The molecular formula is C14H17ClN2O. The lowest BCUT2D eigenvalue weighted by atomic mass is 10.2. The summed E-state index contributed by atoms with van der Waals surface area (Å²) < 4.78 is 7.60. The Kier molecular flexibility index (Phi) is 3.16. The number of aryl methyl sites for hydroxylation is 1. The summed E-state index contributed by atoms with van der Waals surface area (Å²) in [5, 5.41) is 0. The number of methoxy groups -OCH3 is 1. The number of alkyl halides is 1. The molecule has 0 saturated heterocycles. The minimum atomic E-state index is 0.447. The second-order valence-corrected chi connectivity index (χ2v) is 5.14. The first-order valence-corrected chi connectivity index (χ1v) is 6.95. The lowest BCUT2D eigenvalue weighted by Gasteiger charge is -2.07. The van der Waals surface area contributed by atoms with Crippen molar-refractivity contribution in [3.8, 4) is 5.75 Å². The Bertz CT molecular complexity index is 560. The van der Waals surface area contributed by atoms with Crippen LogP contribution in [-0.4, -0.2) is 16.7 Å². The van der Waals surface area contributed by atoms with E-state index >= 15 is 0 Å². The number of rotatable bonds is 5. The Morgan fingerprint density at radius 3 is 2.94 bits per heavy atom. The first kappa shape index (κ1) is 11.8. The third kappa shape index (κ3) is 2.07. The van der Waals surface area contributed by atoms with Crippen molar-refractivity contribution in [2.24, 2.45) is 5.92 Å². The third-order valence-corrected chi connectivity index (χ3v) is 3.86. The molecule has 0 N–H and O–H groups in total. The Hall–Kier alpha value is -1.22. The number of hydrogen-bond acceptors (Lipinski definition) is 2. The standard InChI is InChI=1S/C14H17ClN2O/c1-18-12-4-2-3-11-14(12)16-13(9-15)17(11)8-7-10-5-6-10/h2-4,10H,5-9H2,1H3. The van der Waals surface area contributed by atoms with Crippen molar-refractivity contribution in [3.63, 3.8) is 0 Å². The van der Waals surface area contributed by atoms with Gasteiger partial charge in [-0.3, -0.25) is 0 Å². The molecule has 3 rings (SSSR count). The predicted octanol–water partition coefficient (Wildman–Crippen LogP) is 3.58. The van der Waals surface area contributed by atoms with Crippen LogP contribution in [0.3, 0.4) is 0 Å². The number of benzene rings is 1. The van der Waals surface area contributed by atoms with Gasteiger partial charge >= 0.3 is 0 Å². The van der Waals surface area contributed by atoms with E-state index in [0.717, 1.165) is 35.1 Å². The molecule has 0 radical (unpaired) electrons. The van der Waals surface area contributed by atoms with Gasteiger partial charge in [0.2, 0.25) is 0 Å². The monoisotopic (exact) mass is 264 g/mol. The number of hydrogen-bond donors (Lipinski definition) is 0. The molecule has 18 heavy (non-hydrogen) atoms. The summed E-state index contributed by atoms with van der Waals surface area (Å²) in [7, 11) is 1.68. The van der Waals surface area contributed by atoms with Crippen LogP contribution in [0.15, 0.2) is 18.2 Å². The summed E-state index contributed by atoms with van der Waals surface area (Å²) in [4.78, 5) is 4.61. The molecule has 1 saturated carbocycles. The SMILES string of the molecule is COc1cccc2c1nc(CCl)n2CCC1CC1. The highest BCUT2D eigenvalue weighted by Gasteiger charge is 2.22. The summed E-state index contributed by atoms with van der Waals surface area (Å²) in [6.07, 6.45) is 3.99. The Morgan fingerprint density at radius 2 is 2.28 bits per heavy atom. The Labute approximate surface area is 112 Å². The first-order valence-electron chi connectivity index (χ1n) is 6.41. The molecule has 1 aromatic carbocycles. The highest BCUT2D eigenvalue weighted by atomic mass is 35.5. The minimum absolute atomic E-state index is 0.447. The number of nitrogens with zero attached hydrogens (tertiary/aromatic N) is 2. The normalized spacial score (nSPS) is 15.2. The molecule has 1 fully saturated rings. The van der Waals surface area contributed by atoms with Crippen LogP contribution in [0, 0.1) is 5.92 Å². The zero-order valence-electron chi connectivity index (χ0n) is 10.5. The number of fused-ring (bicyclic) bond motifs is 1.